The Morgan fingerprint density at radius 3 is 2.35 bits per heavy atom. The van der Waals surface area contributed by atoms with Crippen LogP contribution < -0.4 is 10.1 Å². The van der Waals surface area contributed by atoms with E-state index in [-0.39, 0.29) is 5.91 Å². The number of benzene rings is 3. The molecule has 0 aliphatic rings. The van der Waals surface area contributed by atoms with E-state index in [2.05, 4.69) is 10.3 Å². The van der Waals surface area contributed by atoms with Gasteiger partial charge in [0.2, 0.25) is 5.89 Å². The van der Waals surface area contributed by atoms with Crippen LogP contribution in [0.5, 0.6) is 5.75 Å². The number of ether oxygens (including phenoxy) is 1. The molecule has 1 N–H and O–H groups in total. The van der Waals surface area contributed by atoms with Crippen molar-refractivity contribution in [2.24, 2.45) is 0 Å². The number of aromatic nitrogens is 1. The third-order valence-electron chi connectivity index (χ3n) is 4.98. The van der Waals surface area contributed by atoms with E-state index in [1.54, 1.807) is 12.1 Å². The van der Waals surface area contributed by atoms with Crippen LogP contribution in [0, 0.1) is 13.8 Å². The Bertz CT molecular complexity index is 1150. The van der Waals surface area contributed by atoms with Gasteiger partial charge in [0.05, 0.1) is 0 Å². The quantitative estimate of drug-likeness (QED) is 0.437. The summed E-state index contributed by atoms with van der Waals surface area (Å²) in [6.07, 6.45) is 0. The smallest absolute Gasteiger partial charge is 0.251 e. The van der Waals surface area contributed by atoms with Crippen molar-refractivity contribution in [1.29, 1.82) is 0 Å². The van der Waals surface area contributed by atoms with E-state index in [1.807, 2.05) is 80.6 Å². The second-order valence-electron chi connectivity index (χ2n) is 7.37. The highest BCUT2D eigenvalue weighted by molar-refractivity contribution is 5.94. The summed E-state index contributed by atoms with van der Waals surface area (Å²) in [6.45, 7) is 4.73. The Morgan fingerprint density at radius 2 is 1.65 bits per heavy atom. The van der Waals surface area contributed by atoms with Gasteiger partial charge in [-0.1, -0.05) is 48.0 Å². The van der Waals surface area contributed by atoms with Crippen LogP contribution in [0.3, 0.4) is 0 Å². The number of aryl methyl sites for hydroxylation is 2. The first-order valence-electron chi connectivity index (χ1n) is 10.2. The first kappa shape index (κ1) is 20.4. The van der Waals surface area contributed by atoms with Crippen molar-refractivity contribution in [1.82, 2.24) is 10.3 Å². The average Bonchev–Trinajstić information content (AvgIpc) is 3.18. The minimum Gasteiger partial charge on any atom is -0.487 e. The highest BCUT2D eigenvalue weighted by Crippen LogP contribution is 2.23. The third-order valence-corrected chi connectivity index (χ3v) is 4.98. The fourth-order valence-electron chi connectivity index (χ4n) is 3.11. The van der Waals surface area contributed by atoms with Gasteiger partial charge in [-0.3, -0.25) is 4.79 Å². The lowest BCUT2D eigenvalue weighted by Gasteiger charge is -2.06. The average molecular weight is 412 g/mol. The van der Waals surface area contributed by atoms with Crippen LogP contribution in [0.1, 0.15) is 32.9 Å². The summed E-state index contributed by atoms with van der Waals surface area (Å²) in [5, 5.41) is 2.94. The first-order chi connectivity index (χ1) is 15.1. The van der Waals surface area contributed by atoms with E-state index in [4.69, 9.17) is 9.15 Å². The van der Waals surface area contributed by atoms with E-state index in [9.17, 15) is 4.79 Å². The molecule has 0 aliphatic carbocycles. The Balaban J connectivity index is 1.38. The summed E-state index contributed by atoms with van der Waals surface area (Å²) in [4.78, 5) is 17.0. The molecule has 0 spiro atoms. The highest BCUT2D eigenvalue weighted by atomic mass is 16.5. The lowest BCUT2D eigenvalue weighted by Crippen LogP contribution is -2.22. The van der Waals surface area contributed by atoms with Crippen molar-refractivity contribution in [2.75, 3.05) is 0 Å². The molecule has 0 saturated carbocycles. The number of oxazole rings is 1. The van der Waals surface area contributed by atoms with Crippen LogP contribution in [0.2, 0.25) is 0 Å². The summed E-state index contributed by atoms with van der Waals surface area (Å²) in [5.74, 6) is 1.89. The van der Waals surface area contributed by atoms with Crippen LogP contribution in [0.15, 0.2) is 83.3 Å². The van der Waals surface area contributed by atoms with Gasteiger partial charge >= 0.3 is 0 Å². The van der Waals surface area contributed by atoms with Crippen molar-refractivity contribution < 1.29 is 13.9 Å². The Hall–Kier alpha value is -3.86. The fraction of sp³-hybridized carbons (Fsp3) is 0.154. The molecule has 0 atom stereocenters. The molecule has 0 saturated heterocycles. The zero-order valence-electron chi connectivity index (χ0n) is 17.6. The van der Waals surface area contributed by atoms with Gasteiger partial charge in [0.15, 0.2) is 0 Å². The molecule has 1 aromatic heterocycles. The van der Waals surface area contributed by atoms with Gasteiger partial charge in [0.25, 0.3) is 5.91 Å². The molecule has 5 nitrogen and oxygen atoms in total. The maximum absolute atomic E-state index is 12.4. The predicted molar refractivity (Wildman–Crippen MR) is 120 cm³/mol. The van der Waals surface area contributed by atoms with Crippen LogP contribution in [-0.4, -0.2) is 10.9 Å². The number of carbonyl (C=O) groups excluding carboxylic acids is 1. The summed E-state index contributed by atoms with van der Waals surface area (Å²) < 4.78 is 11.6. The molecule has 4 rings (SSSR count). The SMILES string of the molecule is Cc1ccc(CNC(=O)c2ccc(-c3nc(COc4ccccc4)c(C)o3)cc2)cc1. The molecular weight excluding hydrogens is 388 g/mol. The summed E-state index contributed by atoms with van der Waals surface area (Å²) in [6, 6.07) is 24.9. The van der Waals surface area contributed by atoms with E-state index < -0.39 is 0 Å². The van der Waals surface area contributed by atoms with Crippen molar-refractivity contribution in [3.63, 3.8) is 0 Å². The van der Waals surface area contributed by atoms with Gasteiger partial charge in [0, 0.05) is 17.7 Å². The van der Waals surface area contributed by atoms with Gasteiger partial charge < -0.3 is 14.5 Å². The van der Waals surface area contributed by atoms with E-state index in [0.717, 1.165) is 22.6 Å². The van der Waals surface area contributed by atoms with Gasteiger partial charge in [-0.15, -0.1) is 0 Å². The number of para-hydroxylation sites is 1. The molecule has 31 heavy (non-hydrogen) atoms. The standard InChI is InChI=1S/C26H24N2O3/c1-18-8-10-20(11-9-18)16-27-25(29)21-12-14-22(15-13-21)26-28-24(19(2)31-26)17-30-23-6-4-3-5-7-23/h3-15H,16-17H2,1-2H3,(H,27,29). The topological polar surface area (TPSA) is 64.4 Å². The van der Waals surface area contributed by atoms with Crippen LogP contribution in [0.25, 0.3) is 11.5 Å². The van der Waals surface area contributed by atoms with Crippen molar-refractivity contribution in [2.45, 2.75) is 27.0 Å². The number of nitrogens with one attached hydrogen (secondary N) is 1. The Labute approximate surface area is 181 Å². The summed E-state index contributed by atoms with van der Waals surface area (Å²) in [7, 11) is 0. The van der Waals surface area contributed by atoms with Crippen LogP contribution >= 0.6 is 0 Å². The summed E-state index contributed by atoms with van der Waals surface area (Å²) in [5.41, 5.74) is 4.41. The minimum atomic E-state index is -0.118. The van der Waals surface area contributed by atoms with E-state index in [0.29, 0.717) is 30.4 Å². The molecule has 0 unspecified atom stereocenters. The number of carbonyl (C=O) groups is 1. The molecule has 0 fully saturated rings. The van der Waals surface area contributed by atoms with Gasteiger partial charge in [-0.05, 0) is 55.8 Å². The molecule has 0 radical (unpaired) electrons. The third kappa shape index (κ3) is 5.20. The fourth-order valence-corrected chi connectivity index (χ4v) is 3.11. The molecule has 1 heterocycles. The van der Waals surface area contributed by atoms with E-state index >= 15 is 0 Å². The lowest BCUT2D eigenvalue weighted by atomic mass is 10.1. The number of hydrogen-bond acceptors (Lipinski definition) is 4. The van der Waals surface area contributed by atoms with Crippen LogP contribution in [-0.2, 0) is 13.2 Å². The molecule has 0 bridgehead atoms. The second-order valence-corrected chi connectivity index (χ2v) is 7.37. The molecular formula is C26H24N2O3. The summed E-state index contributed by atoms with van der Waals surface area (Å²) >= 11 is 0. The molecule has 156 valence electrons. The van der Waals surface area contributed by atoms with Crippen molar-refractivity contribution >= 4 is 5.91 Å². The van der Waals surface area contributed by atoms with Crippen LogP contribution in [0.4, 0.5) is 0 Å². The number of nitrogens with zero attached hydrogens (tertiary/aromatic N) is 1. The number of rotatable bonds is 7. The monoisotopic (exact) mass is 412 g/mol. The molecule has 0 aliphatic heterocycles. The van der Waals surface area contributed by atoms with E-state index in [1.165, 1.54) is 5.56 Å². The molecule has 1 amide bonds. The normalized spacial score (nSPS) is 10.6. The zero-order chi connectivity index (χ0) is 21.6. The molecule has 5 heteroatoms. The first-order valence-corrected chi connectivity index (χ1v) is 10.2. The predicted octanol–water partition coefficient (Wildman–Crippen LogP) is 5.47. The number of amides is 1. The van der Waals surface area contributed by atoms with Crippen molar-refractivity contribution in [3.8, 4) is 17.2 Å². The lowest BCUT2D eigenvalue weighted by molar-refractivity contribution is 0.0951. The number of hydrogen-bond donors (Lipinski definition) is 1. The van der Waals surface area contributed by atoms with Gasteiger partial charge in [0.1, 0.15) is 23.8 Å². The minimum absolute atomic E-state index is 0.118. The maximum Gasteiger partial charge on any atom is 0.251 e. The van der Waals surface area contributed by atoms with Gasteiger partial charge in [-0.25, -0.2) is 4.98 Å². The largest absolute Gasteiger partial charge is 0.487 e. The molecule has 3 aromatic carbocycles. The maximum atomic E-state index is 12.4. The Kier molecular flexibility index (Phi) is 6.13. The second kappa shape index (κ2) is 9.30. The Morgan fingerprint density at radius 1 is 0.935 bits per heavy atom. The zero-order valence-corrected chi connectivity index (χ0v) is 17.6. The van der Waals surface area contributed by atoms with Crippen molar-refractivity contribution in [3.05, 3.63) is 107 Å². The molecule has 4 aromatic rings. The highest BCUT2D eigenvalue weighted by Gasteiger charge is 2.13. The van der Waals surface area contributed by atoms with Gasteiger partial charge in [-0.2, -0.15) is 0 Å².